The highest BCUT2D eigenvalue weighted by Crippen LogP contribution is 2.10. The first-order valence-corrected chi connectivity index (χ1v) is 7.27. The van der Waals surface area contributed by atoms with Crippen molar-refractivity contribution in [2.45, 2.75) is 13.0 Å². The van der Waals surface area contributed by atoms with Gasteiger partial charge in [-0.15, -0.1) is 0 Å². The predicted molar refractivity (Wildman–Crippen MR) is 83.2 cm³/mol. The van der Waals surface area contributed by atoms with Crippen LogP contribution in [0.4, 0.5) is 5.82 Å². The van der Waals surface area contributed by atoms with Crippen LogP contribution in [0.15, 0.2) is 40.3 Å². The minimum Gasteiger partial charge on any atom is -0.370 e. The van der Waals surface area contributed by atoms with Gasteiger partial charge in [-0.05, 0) is 28.4 Å². The summed E-state index contributed by atoms with van der Waals surface area (Å²) in [4.78, 5) is 22.5. The Morgan fingerprint density at radius 1 is 1.33 bits per heavy atom. The number of hydrogen-bond acceptors (Lipinski definition) is 5. The van der Waals surface area contributed by atoms with Crippen molar-refractivity contribution < 1.29 is 0 Å². The van der Waals surface area contributed by atoms with E-state index in [1.54, 1.807) is 18.5 Å². The van der Waals surface area contributed by atoms with E-state index in [1.807, 2.05) is 10.9 Å². The largest absolute Gasteiger partial charge is 0.370 e. The second-order valence-electron chi connectivity index (χ2n) is 4.52. The molecule has 7 nitrogen and oxygen atoms in total. The average Bonchev–Trinajstić information content (AvgIpc) is 2.90. The van der Waals surface area contributed by atoms with Gasteiger partial charge in [0.1, 0.15) is 5.82 Å². The SMILES string of the molecule is O=c1[nH]cnc2cnc(NCCCn3cc(Br)cn3)cc12. The van der Waals surface area contributed by atoms with Crippen molar-refractivity contribution in [3.8, 4) is 0 Å². The number of halogens is 1. The van der Waals surface area contributed by atoms with Crippen LogP contribution in [0.25, 0.3) is 10.9 Å². The Hall–Kier alpha value is -2.22. The summed E-state index contributed by atoms with van der Waals surface area (Å²) >= 11 is 3.36. The fraction of sp³-hybridized carbons (Fsp3) is 0.231. The number of hydrogen-bond donors (Lipinski definition) is 2. The van der Waals surface area contributed by atoms with Crippen molar-refractivity contribution in [3.05, 3.63) is 45.8 Å². The van der Waals surface area contributed by atoms with E-state index in [0.29, 0.717) is 16.7 Å². The van der Waals surface area contributed by atoms with Crippen LogP contribution >= 0.6 is 15.9 Å². The van der Waals surface area contributed by atoms with Crippen molar-refractivity contribution in [2.24, 2.45) is 0 Å². The number of nitrogens with zero attached hydrogens (tertiary/aromatic N) is 4. The Labute approximate surface area is 128 Å². The van der Waals surface area contributed by atoms with Crippen LogP contribution in [0.2, 0.25) is 0 Å². The molecule has 0 atom stereocenters. The minimum absolute atomic E-state index is 0.160. The molecule has 3 heterocycles. The molecule has 0 amide bonds. The van der Waals surface area contributed by atoms with Gasteiger partial charge < -0.3 is 10.3 Å². The summed E-state index contributed by atoms with van der Waals surface area (Å²) in [6, 6.07) is 1.71. The number of rotatable bonds is 5. The lowest BCUT2D eigenvalue weighted by molar-refractivity contribution is 0.591. The predicted octanol–water partition coefficient (Wildman–Crippen LogP) is 1.78. The van der Waals surface area contributed by atoms with Gasteiger partial charge in [0, 0.05) is 19.3 Å². The third-order valence-corrected chi connectivity index (χ3v) is 3.41. The van der Waals surface area contributed by atoms with E-state index < -0.39 is 0 Å². The van der Waals surface area contributed by atoms with Crippen LogP contribution in [0.5, 0.6) is 0 Å². The molecular weight excluding hydrogens is 336 g/mol. The Balaban J connectivity index is 1.60. The molecule has 3 aromatic rings. The number of pyridine rings is 1. The zero-order valence-electron chi connectivity index (χ0n) is 11.1. The Morgan fingerprint density at radius 2 is 2.24 bits per heavy atom. The summed E-state index contributed by atoms with van der Waals surface area (Å²) < 4.78 is 2.84. The molecule has 0 fully saturated rings. The van der Waals surface area contributed by atoms with E-state index in [-0.39, 0.29) is 5.56 Å². The molecule has 2 N–H and O–H groups in total. The van der Waals surface area contributed by atoms with Gasteiger partial charge in [-0.1, -0.05) is 0 Å². The van der Waals surface area contributed by atoms with Crippen LogP contribution < -0.4 is 10.9 Å². The van der Waals surface area contributed by atoms with Gasteiger partial charge >= 0.3 is 0 Å². The van der Waals surface area contributed by atoms with Gasteiger partial charge in [0.15, 0.2) is 0 Å². The molecule has 0 bridgehead atoms. The summed E-state index contributed by atoms with van der Waals surface area (Å²) in [5.41, 5.74) is 0.428. The van der Waals surface area contributed by atoms with Gasteiger partial charge in [0.05, 0.1) is 34.1 Å². The van der Waals surface area contributed by atoms with Crippen LogP contribution in [0, 0.1) is 0 Å². The minimum atomic E-state index is -0.160. The first-order valence-electron chi connectivity index (χ1n) is 6.47. The van der Waals surface area contributed by atoms with Crippen LogP contribution in [0.1, 0.15) is 6.42 Å². The highest BCUT2D eigenvalue weighted by Gasteiger charge is 2.02. The number of anilines is 1. The molecule has 0 saturated heterocycles. The highest BCUT2D eigenvalue weighted by molar-refractivity contribution is 9.10. The normalized spacial score (nSPS) is 10.9. The topological polar surface area (TPSA) is 88.5 Å². The van der Waals surface area contributed by atoms with Crippen LogP contribution in [-0.4, -0.2) is 31.3 Å². The van der Waals surface area contributed by atoms with Gasteiger partial charge in [-0.2, -0.15) is 5.10 Å². The second kappa shape index (κ2) is 6.04. The fourth-order valence-corrected chi connectivity index (χ4v) is 2.31. The van der Waals surface area contributed by atoms with Crippen molar-refractivity contribution in [1.29, 1.82) is 0 Å². The number of nitrogens with one attached hydrogen (secondary N) is 2. The molecule has 0 unspecified atom stereocenters. The molecule has 0 aliphatic carbocycles. The molecule has 0 aliphatic rings. The molecule has 0 aliphatic heterocycles. The van der Waals surface area contributed by atoms with E-state index in [1.165, 1.54) is 6.33 Å². The third-order valence-electron chi connectivity index (χ3n) is 3.00. The first kappa shape index (κ1) is 13.7. The van der Waals surface area contributed by atoms with Gasteiger partial charge in [-0.3, -0.25) is 9.48 Å². The second-order valence-corrected chi connectivity index (χ2v) is 5.44. The maximum Gasteiger partial charge on any atom is 0.258 e. The standard InChI is InChI=1S/C13H13BrN6O/c14-9-5-19-20(7-9)3-1-2-15-12-4-10-11(6-16-12)17-8-18-13(10)21/h4-8H,1-3H2,(H,15,16)(H,17,18,21). The zero-order chi connectivity index (χ0) is 14.7. The molecule has 108 valence electrons. The van der Waals surface area contributed by atoms with E-state index in [0.717, 1.165) is 24.0 Å². The molecule has 3 aromatic heterocycles. The van der Waals surface area contributed by atoms with Gasteiger partial charge in [0.2, 0.25) is 0 Å². The van der Waals surface area contributed by atoms with E-state index in [4.69, 9.17) is 0 Å². The summed E-state index contributed by atoms with van der Waals surface area (Å²) in [7, 11) is 0. The number of aromatic nitrogens is 5. The van der Waals surface area contributed by atoms with E-state index in [2.05, 4.69) is 41.3 Å². The van der Waals surface area contributed by atoms with Crippen molar-refractivity contribution in [2.75, 3.05) is 11.9 Å². The quantitative estimate of drug-likeness (QED) is 0.686. The average molecular weight is 349 g/mol. The van der Waals surface area contributed by atoms with Gasteiger partial charge in [0.25, 0.3) is 5.56 Å². The molecule has 0 aromatic carbocycles. The first-order chi connectivity index (χ1) is 10.2. The number of aromatic amines is 1. The molecular formula is C13H13BrN6O. The van der Waals surface area contributed by atoms with Crippen LogP contribution in [0.3, 0.4) is 0 Å². The molecule has 21 heavy (non-hydrogen) atoms. The Morgan fingerprint density at radius 3 is 3.05 bits per heavy atom. The Kier molecular flexibility index (Phi) is 3.96. The van der Waals surface area contributed by atoms with Crippen LogP contribution in [-0.2, 0) is 6.54 Å². The lowest BCUT2D eigenvalue weighted by Gasteiger charge is -2.06. The summed E-state index contributed by atoms with van der Waals surface area (Å²) in [5, 5.41) is 7.92. The third kappa shape index (κ3) is 3.27. The summed E-state index contributed by atoms with van der Waals surface area (Å²) in [6.07, 6.45) is 7.56. The molecule has 8 heteroatoms. The van der Waals surface area contributed by atoms with Crippen molar-refractivity contribution in [3.63, 3.8) is 0 Å². The van der Waals surface area contributed by atoms with E-state index >= 15 is 0 Å². The Bertz CT molecular complexity index is 812. The fourth-order valence-electron chi connectivity index (χ4n) is 1.99. The number of aryl methyl sites for hydroxylation is 1. The number of H-pyrrole nitrogens is 1. The maximum absolute atomic E-state index is 11.7. The van der Waals surface area contributed by atoms with Crippen molar-refractivity contribution in [1.82, 2.24) is 24.7 Å². The monoisotopic (exact) mass is 348 g/mol. The van der Waals surface area contributed by atoms with E-state index in [9.17, 15) is 4.79 Å². The smallest absolute Gasteiger partial charge is 0.258 e. The zero-order valence-corrected chi connectivity index (χ0v) is 12.7. The van der Waals surface area contributed by atoms with Gasteiger partial charge in [-0.25, -0.2) is 9.97 Å². The lowest BCUT2D eigenvalue weighted by Crippen LogP contribution is -2.10. The maximum atomic E-state index is 11.7. The lowest BCUT2D eigenvalue weighted by atomic mass is 10.3. The molecule has 3 rings (SSSR count). The molecule has 0 radical (unpaired) electrons. The molecule has 0 spiro atoms. The summed E-state index contributed by atoms with van der Waals surface area (Å²) in [5.74, 6) is 0.669. The van der Waals surface area contributed by atoms with Crippen molar-refractivity contribution >= 4 is 32.7 Å². The highest BCUT2D eigenvalue weighted by atomic mass is 79.9. The summed E-state index contributed by atoms with van der Waals surface area (Å²) in [6.45, 7) is 1.56. The molecule has 0 saturated carbocycles. The number of fused-ring (bicyclic) bond motifs is 1.